The smallest absolute Gasteiger partial charge is 0.335 e. The van der Waals surface area contributed by atoms with Crippen LogP contribution in [-0.4, -0.2) is 105 Å². The zero-order valence-corrected chi connectivity index (χ0v) is 65.2. The van der Waals surface area contributed by atoms with Crippen molar-refractivity contribution in [3.8, 4) is 67.1 Å². The molecule has 3 fully saturated rings. The average Bonchev–Trinajstić information content (AvgIpc) is 1.63. The lowest BCUT2D eigenvalue weighted by molar-refractivity contribution is -0.145. The molecular formula is C88H95N2O20S2-. The van der Waals surface area contributed by atoms with E-state index in [0.717, 1.165) is 65.8 Å². The van der Waals surface area contributed by atoms with Crippen molar-refractivity contribution in [3.63, 3.8) is 0 Å². The van der Waals surface area contributed by atoms with Gasteiger partial charge in [0.2, 0.25) is 0 Å². The molecule has 3 N–H and O–H groups in total. The minimum absolute atomic E-state index is 0. The van der Waals surface area contributed by atoms with Gasteiger partial charge in [0.1, 0.15) is 70.7 Å². The van der Waals surface area contributed by atoms with Gasteiger partial charge in [-0.15, -0.1) is 22.7 Å². The van der Waals surface area contributed by atoms with E-state index in [1.54, 1.807) is 60.7 Å². The fourth-order valence-electron chi connectivity index (χ4n) is 12.4. The number of carbonyl (C=O) groups is 9. The summed E-state index contributed by atoms with van der Waals surface area (Å²) in [6.07, 6.45) is 9.91. The highest BCUT2D eigenvalue weighted by molar-refractivity contribution is 7.22. The standard InChI is InChI=1S/C48H43NO11S.C18H20O5.C13H9NO2S.2C4H10O.CH3/c1-3-35(50)28-29-10-20-37(21-11-29)57-45(52)31-12-16-33(17-13-31)47(54)59-39-26-27-40(43-42(39)49-44(61-43)30-8-6-5-7-9-30)60-48(55)34-18-14-32(15-19-34)46(53)58-38-24-22-36(23-25-38)56-41(51)4-2;1-2-17(20)23-15-9-3-12(4-10-15)11-16(19)13-5-7-14(8-6-13)18(21)22;15-9-6-7-10(16)12-11(9)14-13(17-12)8-4-2-1-3-5-8;2*1-3-5-4-2;/h3-11,20-27,31-34H,1-2,12-19,28H2;2-4,9-10,13-14H,1,5-8,11H2,(H,21,22);1-7,15-16H;2*3-4H2,1-2H3;1H3/q;;;;;-1. The minimum atomic E-state index is -0.763. The second-order valence-corrected chi connectivity index (χ2v) is 28.0. The maximum absolute atomic E-state index is 13.6. The molecule has 0 unspecified atom stereocenters. The average molecular weight is 1560 g/mol. The predicted molar refractivity (Wildman–Crippen MR) is 429 cm³/mol. The van der Waals surface area contributed by atoms with Crippen molar-refractivity contribution in [2.75, 3.05) is 26.4 Å². The fourth-order valence-corrected chi connectivity index (χ4v) is 14.4. The summed E-state index contributed by atoms with van der Waals surface area (Å²) in [5, 5.41) is 29.8. The minimum Gasteiger partial charge on any atom is -0.506 e. The number of phenols is 2. The van der Waals surface area contributed by atoms with Crippen molar-refractivity contribution >= 4 is 96.5 Å². The predicted octanol–water partition coefficient (Wildman–Crippen LogP) is 17.7. The number of rotatable bonds is 25. The number of aromatic hydroxyl groups is 2. The van der Waals surface area contributed by atoms with Gasteiger partial charge in [-0.05, 0) is 195 Å². The Bertz CT molecular complexity index is 4430. The van der Waals surface area contributed by atoms with E-state index < -0.39 is 53.6 Å². The number of thiazole rings is 2. The number of hydrogen-bond donors (Lipinski definition) is 3. The number of esters is 6. The van der Waals surface area contributed by atoms with Gasteiger partial charge in [0.05, 0.1) is 29.6 Å². The number of carboxylic acids is 1. The van der Waals surface area contributed by atoms with Crippen LogP contribution in [0.4, 0.5) is 0 Å². The van der Waals surface area contributed by atoms with Crippen LogP contribution in [0, 0.1) is 42.9 Å². The molecule has 0 amide bonds. The van der Waals surface area contributed by atoms with Gasteiger partial charge in [-0.25, -0.2) is 19.6 Å². The summed E-state index contributed by atoms with van der Waals surface area (Å²) in [4.78, 5) is 120. The van der Waals surface area contributed by atoms with Crippen molar-refractivity contribution in [1.29, 1.82) is 0 Å². The lowest BCUT2D eigenvalue weighted by Gasteiger charge is -2.26. The first-order valence-electron chi connectivity index (χ1n) is 36.9. The summed E-state index contributed by atoms with van der Waals surface area (Å²) >= 11 is 2.69. The molecule has 0 radical (unpaired) electrons. The van der Waals surface area contributed by atoms with Crippen LogP contribution in [0.5, 0.6) is 46.0 Å². The van der Waals surface area contributed by atoms with E-state index in [0.29, 0.717) is 138 Å². The summed E-state index contributed by atoms with van der Waals surface area (Å²) < 4.78 is 44.0. The summed E-state index contributed by atoms with van der Waals surface area (Å²) in [7, 11) is 0. The van der Waals surface area contributed by atoms with Gasteiger partial charge in [0.15, 0.2) is 17.3 Å². The molecule has 3 saturated carbocycles. The Morgan fingerprint density at radius 3 is 1.13 bits per heavy atom. The number of Topliss-reactive ketones (excluding diaryl/α,β-unsaturated/α-hetero) is 1. The lowest BCUT2D eigenvalue weighted by Crippen LogP contribution is -2.30. The summed E-state index contributed by atoms with van der Waals surface area (Å²) in [6, 6.07) is 45.0. The molecule has 2 aromatic heterocycles. The van der Waals surface area contributed by atoms with Crippen LogP contribution < -0.4 is 28.4 Å². The Morgan fingerprint density at radius 2 is 0.741 bits per heavy atom. The highest BCUT2D eigenvalue weighted by Crippen LogP contribution is 2.44. The highest BCUT2D eigenvalue weighted by atomic mass is 32.1. The van der Waals surface area contributed by atoms with E-state index in [1.165, 1.54) is 65.1 Å². The SMILES string of the molecule is C=CC(=O)Cc1ccc(OC(=O)C2CCC(C(=O)Oc3ccc(OC(=O)C4CCC(C(=O)Oc5ccc(OC(=O)C=C)cc5)CC4)c4sc(-c5ccccc5)nc34)CC2)cc1.C=CC(=O)Oc1ccc(CC(=O)C2CCC(C(=O)O)CC2)cc1.CCOCC.CCOCC.Oc1ccc(O)c2sc(-c3ccccc3)nc12.[CH3-]. The first-order valence-corrected chi connectivity index (χ1v) is 38.5. The molecule has 0 bridgehead atoms. The third kappa shape index (κ3) is 26.5. The number of carbonyl (C=O) groups excluding carboxylic acids is 8. The summed E-state index contributed by atoms with van der Waals surface area (Å²) in [5.41, 5.74) is 4.31. The molecular weight excluding hydrogens is 1470 g/mol. The van der Waals surface area contributed by atoms with Crippen molar-refractivity contribution in [1.82, 2.24) is 9.97 Å². The molecule has 0 atom stereocenters. The zero-order chi connectivity index (χ0) is 79.8. The van der Waals surface area contributed by atoms with Gasteiger partial charge < -0.3 is 60.6 Å². The maximum Gasteiger partial charge on any atom is 0.335 e. The van der Waals surface area contributed by atoms with Crippen LogP contribution in [-0.2, 0) is 65.5 Å². The van der Waals surface area contributed by atoms with E-state index >= 15 is 0 Å². The van der Waals surface area contributed by atoms with Crippen molar-refractivity contribution < 1.29 is 96.4 Å². The lowest BCUT2D eigenvalue weighted by atomic mass is 9.79. The Labute approximate surface area is 660 Å². The first kappa shape index (κ1) is 87.9. The second kappa shape index (κ2) is 45.1. The molecule has 7 aromatic carbocycles. The monoisotopic (exact) mass is 1560 g/mol. The molecule has 112 heavy (non-hydrogen) atoms. The molecule has 0 spiro atoms. The number of ketones is 2. The molecule has 0 aliphatic heterocycles. The van der Waals surface area contributed by atoms with Crippen LogP contribution >= 0.6 is 22.7 Å². The molecule has 590 valence electrons. The molecule has 9 aromatic rings. The van der Waals surface area contributed by atoms with Gasteiger partial charge in [0.25, 0.3) is 0 Å². The van der Waals surface area contributed by atoms with E-state index in [1.807, 2.05) is 88.4 Å². The Hall–Kier alpha value is -11.3. The van der Waals surface area contributed by atoms with Gasteiger partial charge in [-0.1, -0.05) is 105 Å². The number of aliphatic carboxylic acids is 1. The van der Waals surface area contributed by atoms with Crippen LogP contribution in [0.25, 0.3) is 41.6 Å². The number of allylic oxidation sites excluding steroid dienone is 1. The molecule has 2 heterocycles. The number of carboxylic acid groups (broad SMARTS) is 1. The molecule has 3 aliphatic rings. The second-order valence-electron chi connectivity index (χ2n) is 26.0. The number of ether oxygens (including phenoxy) is 8. The number of phenolic OH excluding ortho intramolecular Hbond substituents is 2. The number of hydrogen-bond acceptors (Lipinski definition) is 23. The van der Waals surface area contributed by atoms with Crippen LogP contribution in [0.2, 0.25) is 0 Å². The fraction of sp³-hybridized carbons (Fsp3) is 0.318. The topological polar surface area (TPSA) is 314 Å². The van der Waals surface area contributed by atoms with E-state index in [-0.39, 0.29) is 66.4 Å². The zero-order valence-electron chi connectivity index (χ0n) is 63.5. The molecule has 22 nitrogen and oxygen atoms in total. The largest absolute Gasteiger partial charge is 0.506 e. The van der Waals surface area contributed by atoms with Crippen LogP contribution in [0.3, 0.4) is 0 Å². The number of nitrogens with zero attached hydrogens (tertiary/aromatic N) is 2. The third-order valence-corrected chi connectivity index (χ3v) is 20.7. The highest BCUT2D eigenvalue weighted by Gasteiger charge is 2.36. The Balaban J connectivity index is 0.000000274. The maximum atomic E-state index is 13.6. The third-order valence-electron chi connectivity index (χ3n) is 18.4. The van der Waals surface area contributed by atoms with E-state index in [9.17, 15) is 53.4 Å². The van der Waals surface area contributed by atoms with Gasteiger partial charge >= 0.3 is 41.8 Å². The van der Waals surface area contributed by atoms with Crippen LogP contribution in [0.15, 0.2) is 196 Å². The van der Waals surface area contributed by atoms with Crippen molar-refractivity contribution in [2.24, 2.45) is 35.5 Å². The summed E-state index contributed by atoms with van der Waals surface area (Å²) in [6.45, 7) is 21.5. The van der Waals surface area contributed by atoms with Crippen LogP contribution in [0.1, 0.15) is 116 Å². The van der Waals surface area contributed by atoms with Gasteiger partial charge in [-0.3, -0.25) is 33.6 Å². The van der Waals surface area contributed by atoms with Crippen molar-refractivity contribution in [2.45, 2.75) is 118 Å². The quantitative estimate of drug-likeness (QED) is 0.0157. The van der Waals surface area contributed by atoms with Gasteiger partial charge in [0, 0.05) is 68.5 Å². The van der Waals surface area contributed by atoms with E-state index in [2.05, 4.69) is 24.7 Å². The summed E-state index contributed by atoms with van der Waals surface area (Å²) in [5.74, 6) is -3.29. The Morgan fingerprint density at radius 1 is 0.393 bits per heavy atom. The van der Waals surface area contributed by atoms with E-state index in [4.69, 9.17) is 48.0 Å². The molecule has 24 heteroatoms. The normalized spacial score (nSPS) is 16.7. The van der Waals surface area contributed by atoms with Crippen molar-refractivity contribution in [3.05, 3.63) is 214 Å². The first-order chi connectivity index (χ1) is 53.6. The Kier molecular flexibility index (Phi) is 35.4. The number of aromatic nitrogens is 2. The molecule has 3 aliphatic carbocycles. The molecule has 12 rings (SSSR count). The van der Waals surface area contributed by atoms with Gasteiger partial charge in [-0.2, -0.15) is 0 Å². The number of fused-ring (bicyclic) bond motifs is 2. The molecule has 0 saturated heterocycles. The number of benzene rings is 7.